The number of aromatic nitrogens is 3. The van der Waals surface area contributed by atoms with Crippen LogP contribution in [0.1, 0.15) is 5.69 Å². The van der Waals surface area contributed by atoms with Gasteiger partial charge in [-0.1, -0.05) is 28.4 Å². The summed E-state index contributed by atoms with van der Waals surface area (Å²) in [5, 5.41) is 20.4. The average molecular weight is 582 g/mol. The van der Waals surface area contributed by atoms with Gasteiger partial charge in [0, 0.05) is 16.7 Å². The smallest absolute Gasteiger partial charge is 0.305 e. The van der Waals surface area contributed by atoms with Gasteiger partial charge in [-0.05, 0) is 6.07 Å². The van der Waals surface area contributed by atoms with Crippen LogP contribution in [0.4, 0.5) is 5.13 Å². The fourth-order valence-electron chi connectivity index (χ4n) is 4.19. The van der Waals surface area contributed by atoms with E-state index in [1.807, 2.05) is 0 Å². The monoisotopic (exact) mass is 581 g/mol. The summed E-state index contributed by atoms with van der Waals surface area (Å²) in [6, 6.07) is 0.605. The number of β-lactam (4-membered cyclic amide) rings is 1. The lowest BCUT2D eigenvalue weighted by molar-refractivity contribution is -0.510. The molecule has 0 saturated carbocycles. The second-order valence-corrected chi connectivity index (χ2v) is 10.8. The van der Waals surface area contributed by atoms with Crippen LogP contribution in [0.2, 0.25) is 10.0 Å². The summed E-state index contributed by atoms with van der Waals surface area (Å²) >= 11 is 14.9. The van der Waals surface area contributed by atoms with Crippen molar-refractivity contribution in [1.29, 1.82) is 0 Å². The van der Waals surface area contributed by atoms with Crippen molar-refractivity contribution in [2.75, 3.05) is 18.6 Å². The number of aliphatic carboxylic acids is 1. The minimum Gasteiger partial charge on any atom is -0.543 e. The van der Waals surface area contributed by atoms with E-state index in [2.05, 4.69) is 15.5 Å². The maximum Gasteiger partial charge on any atom is 0.305 e. The number of fused-ring (bicyclic) bond motifs is 2. The maximum atomic E-state index is 13.0. The van der Waals surface area contributed by atoms with Crippen LogP contribution in [0.5, 0.6) is 0 Å². The van der Waals surface area contributed by atoms with Crippen molar-refractivity contribution in [3.8, 4) is 0 Å². The molecule has 0 aromatic carbocycles. The number of carboxylic acid groups (broad SMARTS) is 1. The molecule has 5 heterocycles. The van der Waals surface area contributed by atoms with Gasteiger partial charge in [0.2, 0.25) is 0 Å². The van der Waals surface area contributed by atoms with Crippen molar-refractivity contribution < 1.29 is 28.7 Å². The molecule has 2 amide bonds. The first kappa shape index (κ1) is 25.3. The van der Waals surface area contributed by atoms with Crippen LogP contribution >= 0.6 is 46.3 Å². The summed E-state index contributed by atoms with van der Waals surface area (Å²) in [7, 11) is 1.27. The minimum absolute atomic E-state index is 0.150. The number of rotatable bonds is 7. The fraction of sp³-hybridized carbons (Fsp3) is 0.238. The fourth-order valence-corrected chi connectivity index (χ4v) is 6.67. The van der Waals surface area contributed by atoms with Gasteiger partial charge in [-0.15, -0.1) is 23.1 Å². The molecule has 1 saturated heterocycles. The molecule has 37 heavy (non-hydrogen) atoms. The number of thioether (sulfide) groups is 1. The number of nitrogens with two attached hydrogens (primary N) is 1. The van der Waals surface area contributed by atoms with E-state index in [0.717, 1.165) is 16.2 Å². The van der Waals surface area contributed by atoms with E-state index in [9.17, 15) is 19.5 Å². The zero-order valence-electron chi connectivity index (χ0n) is 18.9. The van der Waals surface area contributed by atoms with Gasteiger partial charge in [-0.25, -0.2) is 14.0 Å². The number of imidazole rings is 1. The van der Waals surface area contributed by atoms with Crippen LogP contribution in [0.15, 0.2) is 46.5 Å². The number of pyridine rings is 1. The highest BCUT2D eigenvalue weighted by Crippen LogP contribution is 2.40. The number of nitrogen functional groups attached to an aromatic ring is 1. The number of nitrogens with zero attached hydrogens (tertiary/aromatic N) is 5. The van der Waals surface area contributed by atoms with Crippen LogP contribution in [0.25, 0.3) is 5.65 Å². The molecule has 0 aliphatic carbocycles. The number of nitrogens with one attached hydrogen (secondary N) is 1. The third-order valence-electron chi connectivity index (χ3n) is 5.72. The van der Waals surface area contributed by atoms with E-state index >= 15 is 0 Å². The van der Waals surface area contributed by atoms with Gasteiger partial charge in [0.15, 0.2) is 10.8 Å². The molecular formula is C21H17Cl2N7O5S2. The van der Waals surface area contributed by atoms with Gasteiger partial charge in [0.25, 0.3) is 11.8 Å². The van der Waals surface area contributed by atoms with Gasteiger partial charge in [-0.3, -0.25) is 14.5 Å². The van der Waals surface area contributed by atoms with Crippen molar-refractivity contribution >= 4 is 80.6 Å². The van der Waals surface area contributed by atoms with Crippen LogP contribution in [-0.4, -0.2) is 62.2 Å². The quantitative estimate of drug-likeness (QED) is 0.171. The Morgan fingerprint density at radius 2 is 2.22 bits per heavy atom. The number of oxime groups is 1. The van der Waals surface area contributed by atoms with E-state index in [1.165, 1.54) is 24.3 Å². The SMILES string of the molecule is CO/N=C(\C(=O)N[C@@H]1C(=O)N2C(C(=O)[O-])=C(Cn3cc[n+]4cc(Cl)cc(Cl)c34)CS[C@H]12)c1csc(N)n1. The van der Waals surface area contributed by atoms with Gasteiger partial charge in [0.1, 0.15) is 54.4 Å². The zero-order valence-corrected chi connectivity index (χ0v) is 22.0. The van der Waals surface area contributed by atoms with E-state index in [1.54, 1.807) is 33.6 Å². The normalized spacial score (nSPS) is 19.6. The Kier molecular flexibility index (Phi) is 6.74. The Hall–Kier alpha value is -3.33. The number of carbonyl (C=O) groups excluding carboxylic acids is 3. The number of anilines is 1. The van der Waals surface area contributed by atoms with Crippen LogP contribution in [-0.2, 0) is 25.8 Å². The van der Waals surface area contributed by atoms with Crippen molar-refractivity contribution in [2.24, 2.45) is 5.16 Å². The second kappa shape index (κ2) is 9.85. The molecule has 0 radical (unpaired) electrons. The van der Waals surface area contributed by atoms with Crippen LogP contribution < -0.4 is 20.6 Å². The Bertz CT molecular complexity index is 1520. The highest BCUT2D eigenvalue weighted by Gasteiger charge is 2.53. The Morgan fingerprint density at radius 1 is 1.43 bits per heavy atom. The summed E-state index contributed by atoms with van der Waals surface area (Å²) in [5.41, 5.74) is 6.52. The maximum absolute atomic E-state index is 13.0. The average Bonchev–Trinajstić information content (AvgIpc) is 3.46. The van der Waals surface area contributed by atoms with Gasteiger partial charge in [-0.2, -0.15) is 0 Å². The Balaban J connectivity index is 1.39. The third-order valence-corrected chi connectivity index (χ3v) is 8.21. The number of hydrogen-bond donors (Lipinski definition) is 2. The van der Waals surface area contributed by atoms with Crippen LogP contribution in [0.3, 0.4) is 0 Å². The predicted molar refractivity (Wildman–Crippen MR) is 135 cm³/mol. The highest BCUT2D eigenvalue weighted by molar-refractivity contribution is 8.00. The Morgan fingerprint density at radius 3 is 2.89 bits per heavy atom. The number of carbonyl (C=O) groups is 3. The molecule has 3 aromatic heterocycles. The summed E-state index contributed by atoms with van der Waals surface area (Å²) in [4.78, 5) is 48.0. The minimum atomic E-state index is -1.49. The standard InChI is InChI=1S/C21H17Cl2N7O5S2/c1-35-27-13(12-8-37-21(24)25-12)16(31)26-14-18(32)30-15(20(33)34)9(7-36-19(14)30)5-28-2-3-29-6-10(22)4-11(23)17(28)29/h2-4,6,8,14,19H,5,7H2,1H3,(H3-,24,25,26,31,33,34)/b27-13-/t14-,19-/m1/s1. The molecule has 2 aliphatic rings. The van der Waals surface area contributed by atoms with E-state index in [-0.39, 0.29) is 34.5 Å². The molecule has 0 spiro atoms. The molecule has 1 fully saturated rings. The van der Waals surface area contributed by atoms with Crippen molar-refractivity contribution in [3.63, 3.8) is 0 Å². The number of carboxylic acids is 1. The number of hydrogen-bond acceptors (Lipinski definition) is 10. The zero-order chi connectivity index (χ0) is 26.4. The molecule has 2 atom stereocenters. The number of halogens is 2. The predicted octanol–water partition coefficient (Wildman–Crippen LogP) is 0.0269. The first-order valence-electron chi connectivity index (χ1n) is 10.6. The number of amides is 2. The number of thiazole rings is 1. The topological polar surface area (TPSA) is 159 Å². The van der Waals surface area contributed by atoms with Crippen molar-refractivity contribution in [2.45, 2.75) is 18.0 Å². The van der Waals surface area contributed by atoms with Crippen molar-refractivity contribution in [3.05, 3.63) is 57.0 Å². The molecular weight excluding hydrogens is 565 g/mol. The van der Waals surface area contributed by atoms with E-state index in [4.69, 9.17) is 33.8 Å². The van der Waals surface area contributed by atoms with Crippen molar-refractivity contribution in [1.82, 2.24) is 19.8 Å². The molecule has 2 aliphatic heterocycles. The first-order valence-corrected chi connectivity index (χ1v) is 13.2. The van der Waals surface area contributed by atoms with E-state index in [0.29, 0.717) is 21.3 Å². The van der Waals surface area contributed by atoms with E-state index < -0.39 is 29.2 Å². The lowest BCUT2D eigenvalue weighted by Gasteiger charge is -2.50. The second-order valence-electron chi connectivity index (χ2n) is 7.96. The molecule has 192 valence electrons. The molecule has 3 aromatic rings. The Labute approximate surface area is 227 Å². The largest absolute Gasteiger partial charge is 0.543 e. The first-order chi connectivity index (χ1) is 17.7. The van der Waals surface area contributed by atoms with Gasteiger partial charge >= 0.3 is 5.65 Å². The molecule has 12 nitrogen and oxygen atoms in total. The summed E-state index contributed by atoms with van der Waals surface area (Å²) in [6.45, 7) is 0.150. The third kappa shape index (κ3) is 4.50. The highest BCUT2D eigenvalue weighted by atomic mass is 35.5. The summed E-state index contributed by atoms with van der Waals surface area (Å²) < 4.78 is 3.48. The summed E-state index contributed by atoms with van der Waals surface area (Å²) in [6.07, 6.45) is 5.14. The lowest BCUT2D eigenvalue weighted by Crippen LogP contribution is -2.71. The molecule has 5 rings (SSSR count). The van der Waals surface area contributed by atoms with Gasteiger partial charge < -0.3 is 25.8 Å². The lowest BCUT2D eigenvalue weighted by atomic mass is 10.0. The summed E-state index contributed by atoms with van der Waals surface area (Å²) in [5.74, 6) is -2.51. The van der Waals surface area contributed by atoms with Crippen LogP contribution in [0, 0.1) is 0 Å². The molecule has 16 heteroatoms. The molecule has 0 bridgehead atoms. The molecule has 3 N–H and O–H groups in total. The van der Waals surface area contributed by atoms with Gasteiger partial charge in [0.05, 0.1) is 16.7 Å². The molecule has 0 unspecified atom stereocenters.